The number of anilines is 1. The van der Waals surface area contributed by atoms with Crippen LogP contribution in [-0.4, -0.2) is 55.7 Å². The lowest BCUT2D eigenvalue weighted by Gasteiger charge is -2.20. The maximum Gasteiger partial charge on any atom is 0.319 e. The van der Waals surface area contributed by atoms with Crippen molar-refractivity contribution in [3.05, 3.63) is 29.8 Å². The smallest absolute Gasteiger partial charge is 0.319 e. The molecule has 1 aliphatic heterocycles. The molecule has 4 N–H and O–H groups in total. The number of nitrogens with zero attached hydrogens (tertiary/aromatic N) is 2. The molecule has 30 heavy (non-hydrogen) atoms. The van der Waals surface area contributed by atoms with Crippen molar-refractivity contribution in [2.45, 2.75) is 65.5 Å². The van der Waals surface area contributed by atoms with Gasteiger partial charge in [0.15, 0.2) is 5.96 Å². The molecule has 0 unspecified atom stereocenters. The molecule has 0 spiro atoms. The molecule has 0 aliphatic carbocycles. The predicted octanol–water partition coefficient (Wildman–Crippen LogP) is 3.54. The molecular formula is C23H40N6O. The van der Waals surface area contributed by atoms with Gasteiger partial charge in [0.25, 0.3) is 0 Å². The minimum atomic E-state index is -0.186. The maximum absolute atomic E-state index is 11.8. The number of aliphatic imine (C=N–C) groups is 1. The van der Waals surface area contributed by atoms with Gasteiger partial charge in [-0.1, -0.05) is 25.0 Å². The number of guanidine groups is 1. The first-order valence-corrected chi connectivity index (χ1v) is 11.5. The number of likely N-dealkylation sites (tertiary alicyclic amines) is 1. The fourth-order valence-corrected chi connectivity index (χ4v) is 3.50. The normalized spacial score (nSPS) is 15.5. The lowest BCUT2D eigenvalue weighted by atomic mass is 10.2. The monoisotopic (exact) mass is 416 g/mol. The molecule has 0 aromatic heterocycles. The molecule has 1 fully saturated rings. The summed E-state index contributed by atoms with van der Waals surface area (Å²) in [6.45, 7) is 12.0. The lowest BCUT2D eigenvalue weighted by molar-refractivity contribution is 0.250. The molecule has 1 aromatic rings. The molecule has 7 heteroatoms. The summed E-state index contributed by atoms with van der Waals surface area (Å²) >= 11 is 0. The lowest BCUT2D eigenvalue weighted by Crippen LogP contribution is -2.39. The van der Waals surface area contributed by atoms with Gasteiger partial charge in [-0.3, -0.25) is 0 Å². The van der Waals surface area contributed by atoms with Crippen molar-refractivity contribution < 1.29 is 4.79 Å². The summed E-state index contributed by atoms with van der Waals surface area (Å²) in [6, 6.07) is 7.74. The van der Waals surface area contributed by atoms with Gasteiger partial charge >= 0.3 is 6.03 Å². The molecular weight excluding hydrogens is 376 g/mol. The highest BCUT2D eigenvalue weighted by atomic mass is 16.2. The van der Waals surface area contributed by atoms with Crippen LogP contribution in [0.25, 0.3) is 0 Å². The number of carbonyl (C=O) groups is 1. The number of rotatable bonds is 9. The molecule has 7 nitrogen and oxygen atoms in total. The van der Waals surface area contributed by atoms with E-state index in [1.165, 1.54) is 38.8 Å². The first kappa shape index (κ1) is 24.0. The molecule has 1 aromatic carbocycles. The van der Waals surface area contributed by atoms with E-state index in [9.17, 15) is 4.79 Å². The van der Waals surface area contributed by atoms with E-state index < -0.39 is 0 Å². The van der Waals surface area contributed by atoms with Crippen molar-refractivity contribution >= 4 is 17.7 Å². The van der Waals surface area contributed by atoms with Gasteiger partial charge in [-0.25, -0.2) is 9.79 Å². The fourth-order valence-electron chi connectivity index (χ4n) is 3.50. The molecule has 168 valence electrons. The third kappa shape index (κ3) is 9.96. The van der Waals surface area contributed by atoms with Crippen LogP contribution in [0.3, 0.4) is 0 Å². The number of amides is 2. The third-order valence-electron chi connectivity index (χ3n) is 5.04. The Morgan fingerprint density at radius 3 is 2.40 bits per heavy atom. The Kier molecular flexibility index (Phi) is 11.1. The van der Waals surface area contributed by atoms with Crippen molar-refractivity contribution in [3.63, 3.8) is 0 Å². The number of carbonyl (C=O) groups excluding carboxylic acids is 1. The Bertz CT molecular complexity index is 636. The molecule has 0 atom stereocenters. The largest absolute Gasteiger partial charge is 0.357 e. The zero-order valence-electron chi connectivity index (χ0n) is 19.0. The van der Waals surface area contributed by atoms with E-state index in [1.807, 2.05) is 38.1 Å². The topological polar surface area (TPSA) is 80.8 Å². The van der Waals surface area contributed by atoms with Crippen LogP contribution in [0.1, 0.15) is 58.4 Å². The van der Waals surface area contributed by atoms with Gasteiger partial charge < -0.3 is 26.2 Å². The van der Waals surface area contributed by atoms with Crippen LogP contribution in [0.4, 0.5) is 10.5 Å². The van der Waals surface area contributed by atoms with E-state index in [1.54, 1.807) is 0 Å². The van der Waals surface area contributed by atoms with Crippen LogP contribution < -0.4 is 21.3 Å². The van der Waals surface area contributed by atoms with Gasteiger partial charge in [0, 0.05) is 24.8 Å². The van der Waals surface area contributed by atoms with E-state index >= 15 is 0 Å². The van der Waals surface area contributed by atoms with E-state index in [0.717, 1.165) is 43.3 Å². The van der Waals surface area contributed by atoms with Gasteiger partial charge in [-0.05, 0) is 77.4 Å². The number of nitrogens with one attached hydrogen (secondary N) is 4. The van der Waals surface area contributed by atoms with Gasteiger partial charge in [0.05, 0.1) is 6.54 Å². The van der Waals surface area contributed by atoms with Crippen molar-refractivity contribution in [1.29, 1.82) is 0 Å². The first-order chi connectivity index (χ1) is 14.6. The highest BCUT2D eigenvalue weighted by Gasteiger charge is 2.08. The van der Waals surface area contributed by atoms with Crippen LogP contribution in [0.5, 0.6) is 0 Å². The summed E-state index contributed by atoms with van der Waals surface area (Å²) < 4.78 is 0. The summed E-state index contributed by atoms with van der Waals surface area (Å²) in [7, 11) is 0. The van der Waals surface area contributed by atoms with Gasteiger partial charge in [-0.15, -0.1) is 0 Å². The quantitative estimate of drug-likeness (QED) is 0.282. The minimum absolute atomic E-state index is 0.111. The molecule has 1 heterocycles. The number of hydrogen-bond donors (Lipinski definition) is 4. The maximum atomic E-state index is 11.8. The SMILES string of the molecule is CCNC(=NCc1ccc(NC(=O)NC(C)C)cc1)NCCCN1CCCCCC1. The number of hydrogen-bond acceptors (Lipinski definition) is 3. The molecule has 1 saturated heterocycles. The van der Waals surface area contributed by atoms with Gasteiger partial charge in [0.2, 0.25) is 0 Å². The summed E-state index contributed by atoms with van der Waals surface area (Å²) in [5.41, 5.74) is 1.88. The number of benzene rings is 1. The van der Waals surface area contributed by atoms with E-state index in [0.29, 0.717) is 6.54 Å². The Morgan fingerprint density at radius 2 is 1.77 bits per heavy atom. The van der Waals surface area contributed by atoms with Gasteiger partial charge in [-0.2, -0.15) is 0 Å². The Balaban J connectivity index is 1.75. The summed E-state index contributed by atoms with van der Waals surface area (Å²) in [5.74, 6) is 0.854. The molecule has 2 rings (SSSR count). The van der Waals surface area contributed by atoms with Crippen molar-refractivity contribution in [2.75, 3.05) is 38.0 Å². The Hall–Kier alpha value is -2.28. The van der Waals surface area contributed by atoms with Crippen LogP contribution in [0.15, 0.2) is 29.3 Å². The van der Waals surface area contributed by atoms with Crippen molar-refractivity contribution in [2.24, 2.45) is 4.99 Å². The van der Waals surface area contributed by atoms with E-state index in [2.05, 4.69) is 33.1 Å². The predicted molar refractivity (Wildman–Crippen MR) is 126 cm³/mol. The van der Waals surface area contributed by atoms with E-state index in [4.69, 9.17) is 4.99 Å². The molecule has 0 bridgehead atoms. The minimum Gasteiger partial charge on any atom is -0.357 e. The third-order valence-corrected chi connectivity index (χ3v) is 5.04. The average molecular weight is 417 g/mol. The highest BCUT2D eigenvalue weighted by molar-refractivity contribution is 5.89. The first-order valence-electron chi connectivity index (χ1n) is 11.5. The zero-order chi connectivity index (χ0) is 21.6. The van der Waals surface area contributed by atoms with Crippen LogP contribution in [0.2, 0.25) is 0 Å². The van der Waals surface area contributed by atoms with Crippen molar-refractivity contribution in [3.8, 4) is 0 Å². The summed E-state index contributed by atoms with van der Waals surface area (Å²) in [6.07, 6.45) is 6.58. The van der Waals surface area contributed by atoms with E-state index in [-0.39, 0.29) is 12.1 Å². The molecule has 0 saturated carbocycles. The Morgan fingerprint density at radius 1 is 1.07 bits per heavy atom. The number of urea groups is 1. The second kappa shape index (κ2) is 13.9. The highest BCUT2D eigenvalue weighted by Crippen LogP contribution is 2.11. The summed E-state index contributed by atoms with van der Waals surface area (Å²) in [5, 5.41) is 12.4. The fraction of sp³-hybridized carbons (Fsp3) is 0.652. The zero-order valence-corrected chi connectivity index (χ0v) is 19.0. The second-order valence-corrected chi connectivity index (χ2v) is 8.18. The van der Waals surface area contributed by atoms with Crippen LogP contribution in [0, 0.1) is 0 Å². The van der Waals surface area contributed by atoms with Crippen molar-refractivity contribution in [1.82, 2.24) is 20.9 Å². The Labute approximate surface area is 182 Å². The van der Waals surface area contributed by atoms with Gasteiger partial charge in [0.1, 0.15) is 0 Å². The standard InChI is InChI=1S/C23H40N6O/c1-4-24-22(25-14-9-17-29-15-7-5-6-8-16-29)26-18-20-10-12-21(13-11-20)28-23(30)27-19(2)3/h10-13,19H,4-9,14-18H2,1-3H3,(H2,24,25,26)(H2,27,28,30). The molecule has 1 aliphatic rings. The molecule has 2 amide bonds. The van der Waals surface area contributed by atoms with Crippen LogP contribution in [-0.2, 0) is 6.54 Å². The van der Waals surface area contributed by atoms with Crippen LogP contribution >= 0.6 is 0 Å². The molecule has 0 radical (unpaired) electrons. The second-order valence-electron chi connectivity index (χ2n) is 8.18. The summed E-state index contributed by atoms with van der Waals surface area (Å²) in [4.78, 5) is 19.1. The average Bonchev–Trinajstić information content (AvgIpc) is 2.98.